The lowest BCUT2D eigenvalue weighted by Gasteiger charge is -2.26. The van der Waals surface area contributed by atoms with Crippen molar-refractivity contribution in [2.24, 2.45) is 0 Å². The molecule has 7 rings (SSSR count). The van der Waals surface area contributed by atoms with Crippen LogP contribution in [0.15, 0.2) is 108 Å². The number of anilines is 2. The second kappa shape index (κ2) is 22.3. The number of benzene rings is 5. The number of fused-ring (bicyclic) bond motifs is 4. The lowest BCUT2D eigenvalue weighted by Crippen LogP contribution is -2.35. The first-order chi connectivity index (χ1) is 31.7. The van der Waals surface area contributed by atoms with E-state index in [2.05, 4.69) is 22.5 Å². The van der Waals surface area contributed by atoms with E-state index in [0.29, 0.717) is 85.3 Å². The van der Waals surface area contributed by atoms with Gasteiger partial charge in [-0.1, -0.05) is 48.2 Å². The molecule has 6 N–H and O–H groups in total. The molecule has 3 aliphatic rings. The number of nitrogens with two attached hydrogens (primary N) is 1. The molecule has 0 bridgehead atoms. The number of carboxylic acid groups (broad SMARTS) is 1. The number of amides is 3. The molecule has 4 aromatic rings. The fourth-order valence-corrected chi connectivity index (χ4v) is 7.28. The highest BCUT2D eigenvalue weighted by Gasteiger charge is 2.24. The summed E-state index contributed by atoms with van der Waals surface area (Å²) in [6.07, 6.45) is 0.298. The quantitative estimate of drug-likeness (QED) is 0.0260. The van der Waals surface area contributed by atoms with E-state index in [1.807, 2.05) is 48.5 Å². The predicted molar refractivity (Wildman–Crippen MR) is 243 cm³/mol. The molecule has 0 aromatic heterocycles. The zero-order valence-electron chi connectivity index (χ0n) is 35.7. The molecule has 334 valence electrons. The third-order valence-electron chi connectivity index (χ3n) is 10.5. The Kier molecular flexibility index (Phi) is 15.7. The van der Waals surface area contributed by atoms with Crippen LogP contribution in [-0.2, 0) is 35.1 Å². The first-order valence-corrected chi connectivity index (χ1v) is 21.2. The van der Waals surface area contributed by atoms with Crippen molar-refractivity contribution in [2.75, 3.05) is 76.6 Å². The molecule has 2 aliphatic heterocycles. The maximum Gasteiger partial charge on any atom is 0.336 e. The van der Waals surface area contributed by atoms with E-state index in [1.165, 1.54) is 6.07 Å². The second-order valence-electron chi connectivity index (χ2n) is 15.0. The number of nitrogen functional groups attached to an aromatic ring is 1. The van der Waals surface area contributed by atoms with Gasteiger partial charge in [0.15, 0.2) is 0 Å². The minimum Gasteiger partial charge on any atom is -0.478 e. The van der Waals surface area contributed by atoms with E-state index in [9.17, 15) is 24.3 Å². The number of ether oxygens (including phenoxy) is 4. The summed E-state index contributed by atoms with van der Waals surface area (Å²) in [6.45, 7) is 3.17. The molecule has 3 amide bonds. The van der Waals surface area contributed by atoms with E-state index < -0.39 is 11.9 Å². The van der Waals surface area contributed by atoms with Gasteiger partial charge in [0.1, 0.15) is 11.3 Å². The molecule has 0 saturated carbocycles. The molecule has 0 spiro atoms. The number of hydrogen-bond donors (Lipinski definition) is 5. The van der Waals surface area contributed by atoms with E-state index in [4.69, 9.17) is 34.5 Å². The molecule has 0 saturated heterocycles. The number of aromatic carboxylic acids is 1. The SMILES string of the molecule is N=c1ccc2c(-c3ccc(C(=O)NCCOCCOCCOCCOCCC(=O)NCCC(=O)N4Cc5ccccc5C#Cc5ccccc54)cc3C(=O)O)c3ccc(N)cc3oc-2c1. The molecule has 15 nitrogen and oxygen atoms in total. The summed E-state index contributed by atoms with van der Waals surface area (Å²) in [5, 5.41) is 24.7. The van der Waals surface area contributed by atoms with Gasteiger partial charge in [0, 0.05) is 77.0 Å². The van der Waals surface area contributed by atoms with Gasteiger partial charge in [0.25, 0.3) is 5.91 Å². The van der Waals surface area contributed by atoms with Crippen molar-refractivity contribution in [3.63, 3.8) is 0 Å². The molecule has 0 unspecified atom stereocenters. The summed E-state index contributed by atoms with van der Waals surface area (Å²) in [5.41, 5.74) is 12.0. The molecule has 4 aromatic carbocycles. The van der Waals surface area contributed by atoms with Crippen LogP contribution < -0.4 is 26.6 Å². The van der Waals surface area contributed by atoms with Crippen molar-refractivity contribution < 1.29 is 47.6 Å². The average molecular weight is 880 g/mol. The van der Waals surface area contributed by atoms with Crippen LogP contribution >= 0.6 is 0 Å². The fourth-order valence-electron chi connectivity index (χ4n) is 7.28. The Morgan fingerprint density at radius 2 is 1.38 bits per heavy atom. The van der Waals surface area contributed by atoms with Crippen molar-refractivity contribution in [1.82, 2.24) is 10.6 Å². The number of hydrogen-bond acceptors (Lipinski definition) is 11. The summed E-state index contributed by atoms with van der Waals surface area (Å²) in [6, 6.07) is 29.8. The van der Waals surface area contributed by atoms with Gasteiger partial charge in [-0.05, 0) is 65.7 Å². The monoisotopic (exact) mass is 879 g/mol. The first kappa shape index (κ1) is 45.7. The van der Waals surface area contributed by atoms with Crippen molar-refractivity contribution in [3.05, 3.63) is 136 Å². The second-order valence-corrected chi connectivity index (χ2v) is 15.0. The van der Waals surface area contributed by atoms with E-state index in [1.54, 1.807) is 53.4 Å². The smallest absolute Gasteiger partial charge is 0.336 e. The normalized spacial score (nSPS) is 11.8. The predicted octanol–water partition coefficient (Wildman–Crippen LogP) is 5.60. The standard InChI is InChI=1S/C50H49N5O10/c51-37-12-15-40-44(30-37)65-45-31-38(52)13-16-41(45)48(40)39-14-11-35(29-42(39)50(59)60)49(58)54-20-22-62-24-26-64-28-27-63-25-23-61-21-18-46(56)53-19-17-47(57)55-32-36-7-2-1-5-33(36)9-10-34-6-3-4-8-43(34)55/h1-8,11-16,29-31,51H,17-28,32,52H2,(H,53,56)(H,54,58)(H,59,60). The van der Waals surface area contributed by atoms with Crippen LogP contribution in [0.1, 0.15) is 50.2 Å². The topological polar surface area (TPSA) is 216 Å². The van der Waals surface area contributed by atoms with Crippen LogP contribution in [0.3, 0.4) is 0 Å². The van der Waals surface area contributed by atoms with Crippen molar-refractivity contribution in [1.29, 1.82) is 5.41 Å². The molecular formula is C50H49N5O10. The third kappa shape index (κ3) is 12.0. The maximum absolute atomic E-state index is 13.3. The number of nitrogens with zero attached hydrogens (tertiary/aromatic N) is 1. The van der Waals surface area contributed by atoms with Crippen LogP contribution in [0, 0.1) is 17.3 Å². The highest BCUT2D eigenvalue weighted by Crippen LogP contribution is 2.41. The Morgan fingerprint density at radius 1 is 0.708 bits per heavy atom. The highest BCUT2D eigenvalue weighted by atomic mass is 16.6. The number of rotatable bonds is 21. The van der Waals surface area contributed by atoms with E-state index in [-0.39, 0.29) is 67.4 Å². The molecule has 1 aliphatic carbocycles. The molecular weight excluding hydrogens is 831 g/mol. The zero-order chi connectivity index (χ0) is 45.5. The number of carbonyl (C=O) groups excluding carboxylic acids is 3. The van der Waals surface area contributed by atoms with Crippen molar-refractivity contribution in [3.8, 4) is 34.3 Å². The van der Waals surface area contributed by atoms with Gasteiger partial charge in [-0.2, -0.15) is 0 Å². The van der Waals surface area contributed by atoms with Gasteiger partial charge in [0.05, 0.1) is 76.0 Å². The fraction of sp³-hybridized carbons (Fsp3) is 0.260. The van der Waals surface area contributed by atoms with Gasteiger partial charge in [-0.25, -0.2) is 4.79 Å². The molecule has 15 heteroatoms. The summed E-state index contributed by atoms with van der Waals surface area (Å²) < 4.78 is 28.2. The highest BCUT2D eigenvalue weighted by molar-refractivity contribution is 6.09. The third-order valence-corrected chi connectivity index (χ3v) is 10.5. The summed E-state index contributed by atoms with van der Waals surface area (Å²) in [5.74, 6) is 4.83. The van der Waals surface area contributed by atoms with E-state index in [0.717, 1.165) is 22.4 Å². The minimum absolute atomic E-state index is 0.0692. The molecule has 0 atom stereocenters. The Hall–Kier alpha value is -7.35. The van der Waals surface area contributed by atoms with Crippen molar-refractivity contribution >= 4 is 46.0 Å². The summed E-state index contributed by atoms with van der Waals surface area (Å²) >= 11 is 0. The van der Waals surface area contributed by atoms with Gasteiger partial charge >= 0.3 is 5.97 Å². The Bertz CT molecular complexity index is 2780. The van der Waals surface area contributed by atoms with Crippen molar-refractivity contribution in [2.45, 2.75) is 19.4 Å². The van der Waals surface area contributed by atoms with Crippen LogP contribution in [0.4, 0.5) is 11.4 Å². The molecule has 2 heterocycles. The largest absolute Gasteiger partial charge is 0.478 e. The lowest BCUT2D eigenvalue weighted by molar-refractivity contribution is -0.122. The molecule has 0 fully saturated rings. The number of nitrogens with one attached hydrogen (secondary N) is 3. The first-order valence-electron chi connectivity index (χ1n) is 21.2. The minimum atomic E-state index is -1.21. The molecule has 65 heavy (non-hydrogen) atoms. The molecule has 0 radical (unpaired) electrons. The number of carboxylic acids is 1. The zero-order valence-corrected chi connectivity index (χ0v) is 35.7. The average Bonchev–Trinajstić information content (AvgIpc) is 3.29. The Balaban J connectivity index is 0.729. The van der Waals surface area contributed by atoms with Crippen LogP contribution in [-0.4, -0.2) is 94.7 Å². The number of para-hydroxylation sites is 1. The lowest BCUT2D eigenvalue weighted by atomic mass is 9.89. The van der Waals surface area contributed by atoms with Crippen LogP contribution in [0.2, 0.25) is 0 Å². The van der Waals surface area contributed by atoms with Crippen LogP contribution in [0.5, 0.6) is 0 Å². The van der Waals surface area contributed by atoms with Gasteiger partial charge in [0.2, 0.25) is 11.8 Å². The summed E-state index contributed by atoms with van der Waals surface area (Å²) in [7, 11) is 0. The van der Waals surface area contributed by atoms with Gasteiger partial charge in [-0.15, -0.1) is 0 Å². The van der Waals surface area contributed by atoms with Gasteiger partial charge < -0.3 is 55.1 Å². The van der Waals surface area contributed by atoms with Gasteiger partial charge in [-0.3, -0.25) is 14.4 Å². The number of carbonyl (C=O) groups is 4. The Morgan fingerprint density at radius 3 is 2.15 bits per heavy atom. The van der Waals surface area contributed by atoms with E-state index >= 15 is 0 Å². The van der Waals surface area contributed by atoms with Crippen LogP contribution in [0.25, 0.3) is 33.4 Å². The maximum atomic E-state index is 13.3. The summed E-state index contributed by atoms with van der Waals surface area (Å²) in [4.78, 5) is 53.0. The Labute approximate surface area is 375 Å².